The molecule has 3 aromatic carbocycles. The number of carbonyl (C=O) groups is 2. The quantitative estimate of drug-likeness (QED) is 0.343. The lowest BCUT2D eigenvalue weighted by Gasteiger charge is -2.16. The van der Waals surface area contributed by atoms with Gasteiger partial charge in [-0.1, -0.05) is 55.7 Å². The Morgan fingerprint density at radius 2 is 1.78 bits per heavy atom. The first-order valence-electron chi connectivity index (χ1n) is 12.0. The van der Waals surface area contributed by atoms with Crippen LogP contribution in [0.4, 0.5) is 0 Å². The maximum atomic E-state index is 13.2. The topological polar surface area (TPSA) is 84.6 Å². The molecule has 1 radical (unpaired) electrons. The first kappa shape index (κ1) is 25.2. The molecule has 181 valence electrons. The number of carboxylic acid groups (broad SMARTS) is 1. The number of carboxylic acids is 1. The molecule has 1 aromatic heterocycles. The SMILES string of the molecule is CCC(=O)Cc1cc(-c2cc(=O)c3cc(C)cc(C(C)[B]c4ccccc4C(=O)O)c3o2)ccc1C. The summed E-state index contributed by atoms with van der Waals surface area (Å²) in [7, 11) is 1.88. The second-order valence-corrected chi connectivity index (χ2v) is 9.26. The van der Waals surface area contributed by atoms with E-state index in [1.54, 1.807) is 24.3 Å². The lowest BCUT2D eigenvalue weighted by atomic mass is 9.56. The van der Waals surface area contributed by atoms with Crippen LogP contribution < -0.4 is 10.9 Å². The Balaban J connectivity index is 1.82. The fraction of sp³-hybridized carbons (Fsp3) is 0.233. The van der Waals surface area contributed by atoms with Crippen LogP contribution >= 0.6 is 0 Å². The van der Waals surface area contributed by atoms with Crippen LogP contribution in [0, 0.1) is 13.8 Å². The molecule has 1 N–H and O–H groups in total. The van der Waals surface area contributed by atoms with Crippen molar-refractivity contribution >= 4 is 35.5 Å². The number of aryl methyl sites for hydroxylation is 2. The van der Waals surface area contributed by atoms with E-state index in [4.69, 9.17) is 4.42 Å². The Morgan fingerprint density at radius 1 is 1.03 bits per heavy atom. The van der Waals surface area contributed by atoms with Crippen molar-refractivity contribution in [2.45, 2.75) is 46.4 Å². The van der Waals surface area contributed by atoms with E-state index in [0.29, 0.717) is 35.0 Å². The smallest absolute Gasteiger partial charge is 0.335 e. The van der Waals surface area contributed by atoms with Gasteiger partial charge in [0.05, 0.1) is 10.9 Å². The molecule has 4 rings (SSSR count). The van der Waals surface area contributed by atoms with Gasteiger partial charge in [0, 0.05) is 24.5 Å². The molecule has 0 aliphatic heterocycles. The molecular weight excluding hydrogens is 451 g/mol. The molecule has 0 amide bonds. The van der Waals surface area contributed by atoms with Gasteiger partial charge in [0.25, 0.3) is 0 Å². The Morgan fingerprint density at radius 3 is 2.50 bits per heavy atom. The van der Waals surface area contributed by atoms with Crippen molar-refractivity contribution in [2.24, 2.45) is 0 Å². The van der Waals surface area contributed by atoms with Crippen LogP contribution in [0.2, 0.25) is 0 Å². The van der Waals surface area contributed by atoms with E-state index < -0.39 is 5.97 Å². The van der Waals surface area contributed by atoms with Gasteiger partial charge in [-0.3, -0.25) is 9.59 Å². The molecule has 0 saturated heterocycles. The second kappa shape index (κ2) is 10.4. The number of carbonyl (C=O) groups excluding carboxylic acids is 1. The highest BCUT2D eigenvalue weighted by molar-refractivity contribution is 6.57. The zero-order valence-electron chi connectivity index (χ0n) is 20.9. The van der Waals surface area contributed by atoms with E-state index >= 15 is 0 Å². The van der Waals surface area contributed by atoms with Gasteiger partial charge >= 0.3 is 5.97 Å². The van der Waals surface area contributed by atoms with Gasteiger partial charge in [-0.15, -0.1) is 0 Å². The number of rotatable bonds is 8. The van der Waals surface area contributed by atoms with Gasteiger partial charge < -0.3 is 9.52 Å². The molecule has 6 heteroatoms. The van der Waals surface area contributed by atoms with Crippen LogP contribution in [0.3, 0.4) is 0 Å². The fourth-order valence-electron chi connectivity index (χ4n) is 4.46. The van der Waals surface area contributed by atoms with Crippen molar-refractivity contribution in [2.75, 3.05) is 0 Å². The lowest BCUT2D eigenvalue weighted by molar-refractivity contribution is -0.118. The maximum absolute atomic E-state index is 13.2. The zero-order chi connectivity index (χ0) is 26.0. The van der Waals surface area contributed by atoms with Crippen LogP contribution in [-0.4, -0.2) is 24.1 Å². The monoisotopic (exact) mass is 479 g/mol. The minimum atomic E-state index is -0.992. The van der Waals surface area contributed by atoms with Gasteiger partial charge in [-0.05, 0) is 60.1 Å². The first-order chi connectivity index (χ1) is 17.2. The normalized spacial score (nSPS) is 11.9. The third kappa shape index (κ3) is 5.18. The summed E-state index contributed by atoms with van der Waals surface area (Å²) in [6.07, 6.45) is 0.810. The summed E-state index contributed by atoms with van der Waals surface area (Å²) in [5.41, 5.74) is 5.54. The van der Waals surface area contributed by atoms with E-state index in [9.17, 15) is 19.5 Å². The Hall–Kier alpha value is -3.93. The molecule has 36 heavy (non-hydrogen) atoms. The predicted molar refractivity (Wildman–Crippen MR) is 144 cm³/mol. The van der Waals surface area contributed by atoms with Gasteiger partial charge in [0.15, 0.2) is 12.7 Å². The number of fused-ring (bicyclic) bond motifs is 1. The molecule has 0 saturated carbocycles. The molecular formula is C30H28BO5. The summed E-state index contributed by atoms with van der Waals surface area (Å²) in [5.74, 6) is -0.629. The highest BCUT2D eigenvalue weighted by Crippen LogP contribution is 2.30. The number of hydrogen-bond acceptors (Lipinski definition) is 4. The molecule has 0 aliphatic rings. The third-order valence-corrected chi connectivity index (χ3v) is 6.53. The van der Waals surface area contributed by atoms with E-state index in [0.717, 1.165) is 27.8 Å². The number of Topliss-reactive ketones (excluding diaryl/α,β-unsaturated/α-hetero) is 1. The Bertz CT molecular complexity index is 1530. The predicted octanol–water partition coefficient (Wildman–Crippen LogP) is 5.39. The van der Waals surface area contributed by atoms with Crippen molar-refractivity contribution in [1.82, 2.24) is 0 Å². The van der Waals surface area contributed by atoms with Crippen LogP contribution in [0.5, 0.6) is 0 Å². The van der Waals surface area contributed by atoms with E-state index in [-0.39, 0.29) is 22.6 Å². The summed E-state index contributed by atoms with van der Waals surface area (Å²) < 4.78 is 6.36. The number of aromatic carboxylic acids is 1. The summed E-state index contributed by atoms with van der Waals surface area (Å²) in [5, 5.41) is 10.1. The standard InChI is InChI=1S/C30H28BO5/c1-5-22(32)15-21-14-20(11-10-18(21)3)28-16-27(33)25-13-17(2)12-24(29(25)36-28)19(4)31-26-9-7-6-8-23(26)30(34)35/h6-14,16,19H,5,15H2,1-4H3,(H,34,35). The Kier molecular flexibility index (Phi) is 7.25. The van der Waals surface area contributed by atoms with Gasteiger partial charge in [0.2, 0.25) is 0 Å². The number of benzene rings is 3. The van der Waals surface area contributed by atoms with Crippen molar-refractivity contribution in [3.8, 4) is 11.3 Å². The largest absolute Gasteiger partial charge is 0.478 e. The minimum Gasteiger partial charge on any atom is -0.478 e. The highest BCUT2D eigenvalue weighted by Gasteiger charge is 2.20. The zero-order valence-corrected chi connectivity index (χ0v) is 20.9. The minimum absolute atomic E-state index is 0.152. The molecule has 1 atom stereocenters. The molecule has 4 aromatic rings. The van der Waals surface area contributed by atoms with E-state index in [1.165, 1.54) is 6.07 Å². The van der Waals surface area contributed by atoms with E-state index in [2.05, 4.69) is 0 Å². The number of ketones is 1. The highest BCUT2D eigenvalue weighted by atomic mass is 16.4. The average Bonchev–Trinajstić information content (AvgIpc) is 2.85. The summed E-state index contributed by atoms with van der Waals surface area (Å²) >= 11 is 0. The van der Waals surface area contributed by atoms with Crippen LogP contribution in [-0.2, 0) is 11.2 Å². The maximum Gasteiger partial charge on any atom is 0.335 e. The van der Waals surface area contributed by atoms with Crippen molar-refractivity contribution in [3.63, 3.8) is 0 Å². The summed E-state index contributed by atoms with van der Waals surface area (Å²) in [4.78, 5) is 36.9. The van der Waals surface area contributed by atoms with Crippen molar-refractivity contribution in [3.05, 3.63) is 98.7 Å². The first-order valence-corrected chi connectivity index (χ1v) is 12.0. The third-order valence-electron chi connectivity index (χ3n) is 6.53. The summed E-state index contributed by atoms with van der Waals surface area (Å²) in [6.45, 7) is 7.69. The van der Waals surface area contributed by atoms with Crippen LogP contribution in [0.1, 0.15) is 58.7 Å². The second-order valence-electron chi connectivity index (χ2n) is 9.26. The molecule has 1 heterocycles. The van der Waals surface area contributed by atoms with Gasteiger partial charge in [-0.2, -0.15) is 0 Å². The Labute approximate surface area is 211 Å². The molecule has 1 unspecified atom stereocenters. The van der Waals surface area contributed by atoms with Crippen LogP contribution in [0.25, 0.3) is 22.3 Å². The molecule has 5 nitrogen and oxygen atoms in total. The summed E-state index contributed by atoms with van der Waals surface area (Å²) in [6, 6.07) is 17.9. The van der Waals surface area contributed by atoms with Gasteiger partial charge in [0.1, 0.15) is 17.1 Å². The van der Waals surface area contributed by atoms with Crippen molar-refractivity contribution in [1.29, 1.82) is 0 Å². The molecule has 0 aliphatic carbocycles. The fourth-order valence-corrected chi connectivity index (χ4v) is 4.46. The molecule has 0 spiro atoms. The van der Waals surface area contributed by atoms with Gasteiger partial charge in [-0.25, -0.2) is 4.79 Å². The van der Waals surface area contributed by atoms with Crippen LogP contribution in [0.15, 0.2) is 69.9 Å². The molecule has 0 fully saturated rings. The molecule has 0 bridgehead atoms. The average molecular weight is 479 g/mol. The van der Waals surface area contributed by atoms with E-state index in [1.807, 2.05) is 65.3 Å². The number of hydrogen-bond donors (Lipinski definition) is 1. The lowest BCUT2D eigenvalue weighted by Crippen LogP contribution is -2.26. The van der Waals surface area contributed by atoms with Crippen molar-refractivity contribution < 1.29 is 19.1 Å².